The lowest BCUT2D eigenvalue weighted by Gasteiger charge is -2.31. The molecule has 1 saturated carbocycles. The van der Waals surface area contributed by atoms with Crippen molar-refractivity contribution in [2.45, 2.75) is 68.7 Å². The quantitative estimate of drug-likeness (QED) is 0.588. The van der Waals surface area contributed by atoms with E-state index in [0.717, 1.165) is 29.9 Å². The van der Waals surface area contributed by atoms with Gasteiger partial charge >= 0.3 is 5.97 Å². The molecule has 1 aromatic rings. The van der Waals surface area contributed by atoms with Crippen molar-refractivity contribution in [1.82, 2.24) is 5.32 Å². The highest BCUT2D eigenvalue weighted by Gasteiger charge is 2.40. The summed E-state index contributed by atoms with van der Waals surface area (Å²) in [5.41, 5.74) is -0.610. The maximum Gasteiger partial charge on any atom is 0.326 e. The van der Waals surface area contributed by atoms with E-state index in [1.54, 1.807) is 18.0 Å². The molecule has 0 bridgehead atoms. The van der Waals surface area contributed by atoms with E-state index in [9.17, 15) is 4.79 Å². The molecule has 1 N–H and O–H groups in total. The Morgan fingerprint density at radius 3 is 2.86 bits per heavy atom. The van der Waals surface area contributed by atoms with Gasteiger partial charge in [-0.3, -0.25) is 10.1 Å². The first kappa shape index (κ1) is 16.4. The number of hydrogen-bond acceptors (Lipinski definition) is 5. The number of aryl methyl sites for hydroxylation is 1. The third kappa shape index (κ3) is 4.51. The lowest BCUT2D eigenvalue weighted by atomic mass is 9.95. The first-order valence-electron chi connectivity index (χ1n) is 7.60. The van der Waals surface area contributed by atoms with E-state index in [1.807, 2.05) is 26.8 Å². The van der Waals surface area contributed by atoms with Gasteiger partial charge in [-0.05, 0) is 46.1 Å². The maximum atomic E-state index is 12.3. The van der Waals surface area contributed by atoms with E-state index in [0.29, 0.717) is 17.9 Å². The summed E-state index contributed by atoms with van der Waals surface area (Å²) in [5.74, 6) is 0.785. The summed E-state index contributed by atoms with van der Waals surface area (Å²) in [6.45, 7) is 8.33. The van der Waals surface area contributed by atoms with Gasteiger partial charge in [0.1, 0.15) is 11.3 Å². The van der Waals surface area contributed by atoms with Crippen molar-refractivity contribution in [3.8, 4) is 0 Å². The summed E-state index contributed by atoms with van der Waals surface area (Å²) in [6.07, 6.45) is 4.74. The Labute approximate surface area is 131 Å². The Morgan fingerprint density at radius 2 is 2.33 bits per heavy atom. The number of esters is 1. The average Bonchev–Trinajstić information content (AvgIpc) is 3.12. The molecule has 2 rings (SSSR count). The number of ether oxygens (including phenoxy) is 1. The fourth-order valence-electron chi connectivity index (χ4n) is 2.50. The molecule has 1 fully saturated rings. The van der Waals surface area contributed by atoms with Crippen LogP contribution in [0.25, 0.3) is 0 Å². The van der Waals surface area contributed by atoms with Crippen LogP contribution in [0.2, 0.25) is 0 Å². The molecule has 2 atom stereocenters. The molecule has 21 heavy (non-hydrogen) atoms. The van der Waals surface area contributed by atoms with E-state index >= 15 is 0 Å². The molecular formula is C16H25NO3S. The van der Waals surface area contributed by atoms with E-state index in [-0.39, 0.29) is 5.97 Å². The van der Waals surface area contributed by atoms with E-state index in [1.165, 1.54) is 0 Å². The second-order valence-corrected chi connectivity index (χ2v) is 7.43. The van der Waals surface area contributed by atoms with Crippen molar-refractivity contribution in [2.24, 2.45) is 0 Å². The molecule has 0 amide bonds. The summed E-state index contributed by atoms with van der Waals surface area (Å²) < 4.78 is 10.6. The van der Waals surface area contributed by atoms with Crippen LogP contribution in [-0.2, 0) is 9.53 Å². The molecule has 0 aliphatic heterocycles. The molecular weight excluding hydrogens is 286 g/mol. The van der Waals surface area contributed by atoms with Gasteiger partial charge in [0.2, 0.25) is 0 Å². The van der Waals surface area contributed by atoms with Gasteiger partial charge in [-0.25, -0.2) is 0 Å². The topological polar surface area (TPSA) is 51.5 Å². The number of nitrogens with one attached hydrogen (secondary N) is 1. The Balaban J connectivity index is 1.99. The van der Waals surface area contributed by atoms with Crippen LogP contribution in [0.1, 0.15) is 45.8 Å². The van der Waals surface area contributed by atoms with Crippen LogP contribution in [-0.4, -0.2) is 29.4 Å². The van der Waals surface area contributed by atoms with Gasteiger partial charge < -0.3 is 9.15 Å². The molecule has 4 nitrogen and oxygen atoms in total. The first-order valence-corrected chi connectivity index (χ1v) is 8.48. The Morgan fingerprint density at radius 1 is 1.62 bits per heavy atom. The number of rotatable bonds is 8. The molecule has 118 valence electrons. The van der Waals surface area contributed by atoms with Gasteiger partial charge in [0.05, 0.1) is 12.9 Å². The number of thioether (sulfide) groups is 1. The third-order valence-corrected chi connectivity index (χ3v) is 4.91. The van der Waals surface area contributed by atoms with Crippen LogP contribution in [0.4, 0.5) is 0 Å². The van der Waals surface area contributed by atoms with Crippen molar-refractivity contribution >= 4 is 17.7 Å². The molecule has 0 aromatic carbocycles. The lowest BCUT2D eigenvalue weighted by Crippen LogP contribution is -2.52. The van der Waals surface area contributed by atoms with Crippen LogP contribution in [0, 0.1) is 6.92 Å². The summed E-state index contributed by atoms with van der Waals surface area (Å²) >= 11 is 1.75. The van der Waals surface area contributed by atoms with Gasteiger partial charge in [0, 0.05) is 16.2 Å². The molecule has 2 unspecified atom stereocenters. The normalized spacial score (nSPS) is 19.0. The fourth-order valence-corrected chi connectivity index (χ4v) is 3.70. The van der Waals surface area contributed by atoms with Crippen LogP contribution >= 0.6 is 11.8 Å². The van der Waals surface area contributed by atoms with Gasteiger partial charge in [-0.2, -0.15) is 0 Å². The van der Waals surface area contributed by atoms with Gasteiger partial charge in [0.15, 0.2) is 0 Å². The zero-order valence-electron chi connectivity index (χ0n) is 13.3. The highest BCUT2D eigenvalue weighted by atomic mass is 32.2. The zero-order chi connectivity index (χ0) is 15.5. The third-order valence-electron chi connectivity index (χ3n) is 3.66. The molecule has 1 aromatic heterocycles. The van der Waals surface area contributed by atoms with Crippen LogP contribution in [0.5, 0.6) is 0 Å². The number of carbonyl (C=O) groups is 1. The van der Waals surface area contributed by atoms with Crippen molar-refractivity contribution in [1.29, 1.82) is 0 Å². The Bertz CT molecular complexity index is 484. The summed E-state index contributed by atoms with van der Waals surface area (Å²) in [6, 6.07) is 2.44. The highest BCUT2D eigenvalue weighted by molar-refractivity contribution is 8.00. The molecule has 1 aliphatic carbocycles. The largest absolute Gasteiger partial charge is 0.468 e. The summed E-state index contributed by atoms with van der Waals surface area (Å²) in [5, 5.41) is 3.76. The number of hydrogen-bond donors (Lipinski definition) is 1. The minimum atomic E-state index is -0.610. The molecule has 0 spiro atoms. The molecule has 5 heteroatoms. The van der Waals surface area contributed by atoms with Crippen LogP contribution in [0.15, 0.2) is 21.6 Å². The smallest absolute Gasteiger partial charge is 0.326 e. The van der Waals surface area contributed by atoms with E-state index in [4.69, 9.17) is 9.15 Å². The van der Waals surface area contributed by atoms with E-state index < -0.39 is 5.54 Å². The predicted octanol–water partition coefficient (Wildman–Crippen LogP) is 3.53. The highest BCUT2D eigenvalue weighted by Crippen LogP contribution is 2.33. The van der Waals surface area contributed by atoms with Crippen molar-refractivity contribution in [3.05, 3.63) is 18.1 Å². The molecule has 1 heterocycles. The van der Waals surface area contributed by atoms with Crippen LogP contribution < -0.4 is 5.32 Å². The SMILES string of the molecule is CCOC(=O)C(C)(CC(C)Sc1ccoc1C)NC1CC1. The Hall–Kier alpha value is -0.940. The lowest BCUT2D eigenvalue weighted by molar-refractivity contribution is -0.150. The van der Waals surface area contributed by atoms with Crippen molar-refractivity contribution in [2.75, 3.05) is 6.61 Å². The molecule has 0 radical (unpaired) electrons. The maximum absolute atomic E-state index is 12.3. The van der Waals surface area contributed by atoms with Crippen LogP contribution in [0.3, 0.4) is 0 Å². The van der Waals surface area contributed by atoms with E-state index in [2.05, 4.69) is 12.2 Å². The minimum absolute atomic E-state index is 0.145. The van der Waals surface area contributed by atoms with Gasteiger partial charge in [0.25, 0.3) is 0 Å². The monoisotopic (exact) mass is 311 g/mol. The standard InChI is InChI=1S/C16H25NO3S/c1-5-19-15(18)16(4,17-13-6-7-13)10-11(2)21-14-8-9-20-12(14)3/h8-9,11,13,17H,5-7,10H2,1-4H3. The second kappa shape index (κ2) is 6.88. The fraction of sp³-hybridized carbons (Fsp3) is 0.688. The minimum Gasteiger partial charge on any atom is -0.468 e. The summed E-state index contributed by atoms with van der Waals surface area (Å²) in [4.78, 5) is 13.5. The van der Waals surface area contributed by atoms with Crippen molar-refractivity contribution < 1.29 is 13.9 Å². The predicted molar refractivity (Wildman–Crippen MR) is 84.6 cm³/mol. The Kier molecular flexibility index (Phi) is 5.38. The number of carbonyl (C=O) groups excluding carboxylic acids is 1. The first-order chi connectivity index (χ1) is 9.94. The summed E-state index contributed by atoms with van der Waals surface area (Å²) in [7, 11) is 0. The second-order valence-electron chi connectivity index (χ2n) is 5.94. The van der Waals surface area contributed by atoms with Gasteiger partial charge in [-0.1, -0.05) is 6.92 Å². The van der Waals surface area contributed by atoms with Gasteiger partial charge in [-0.15, -0.1) is 11.8 Å². The molecule has 0 saturated heterocycles. The van der Waals surface area contributed by atoms with Crippen molar-refractivity contribution in [3.63, 3.8) is 0 Å². The average molecular weight is 311 g/mol. The number of furan rings is 1. The zero-order valence-corrected chi connectivity index (χ0v) is 14.1. The molecule has 1 aliphatic rings.